The van der Waals surface area contributed by atoms with E-state index in [1.165, 1.54) is 0 Å². The SMILES string of the molecule is CC(=O)[C@]1(C)CC[C@H]2[C@@H]3CC(C)[C@H]4CC(O)(O)C(O)C[C@]4(C)[C@H]3CC[C@@]21C. The van der Waals surface area contributed by atoms with E-state index in [1.54, 1.807) is 6.92 Å². The summed E-state index contributed by atoms with van der Waals surface area (Å²) in [6.07, 6.45) is 5.11. The molecule has 4 aliphatic carbocycles. The van der Waals surface area contributed by atoms with Gasteiger partial charge in [-0.2, -0.15) is 0 Å². The predicted molar refractivity (Wildman–Crippen MR) is 104 cm³/mol. The molecule has 27 heavy (non-hydrogen) atoms. The first-order valence-electron chi connectivity index (χ1n) is 11.0. The summed E-state index contributed by atoms with van der Waals surface area (Å²) in [7, 11) is 0. The molecule has 4 saturated carbocycles. The van der Waals surface area contributed by atoms with Crippen LogP contribution in [0.25, 0.3) is 0 Å². The quantitative estimate of drug-likeness (QED) is 0.610. The Bertz CT molecular complexity index is 644. The lowest BCUT2D eigenvalue weighted by atomic mass is 9.41. The van der Waals surface area contributed by atoms with Gasteiger partial charge in [0.1, 0.15) is 11.9 Å². The van der Waals surface area contributed by atoms with E-state index >= 15 is 0 Å². The smallest absolute Gasteiger partial charge is 0.189 e. The molecule has 4 aliphatic rings. The molecule has 0 amide bonds. The van der Waals surface area contributed by atoms with Crippen molar-refractivity contribution in [1.82, 2.24) is 0 Å². The van der Waals surface area contributed by atoms with Crippen molar-refractivity contribution in [2.24, 2.45) is 45.8 Å². The van der Waals surface area contributed by atoms with Gasteiger partial charge < -0.3 is 15.3 Å². The van der Waals surface area contributed by atoms with E-state index < -0.39 is 11.9 Å². The van der Waals surface area contributed by atoms with Gasteiger partial charge in [-0.1, -0.05) is 27.7 Å². The van der Waals surface area contributed by atoms with Crippen LogP contribution in [0.15, 0.2) is 0 Å². The molecule has 0 radical (unpaired) electrons. The molecule has 2 unspecified atom stereocenters. The Morgan fingerprint density at radius 2 is 1.59 bits per heavy atom. The van der Waals surface area contributed by atoms with Gasteiger partial charge in [-0.25, -0.2) is 0 Å². The van der Waals surface area contributed by atoms with E-state index in [0.29, 0.717) is 35.9 Å². The summed E-state index contributed by atoms with van der Waals surface area (Å²) >= 11 is 0. The fraction of sp³-hybridized carbons (Fsp3) is 0.957. The number of aliphatic hydroxyl groups is 3. The molecule has 4 heteroatoms. The molecule has 0 aromatic carbocycles. The van der Waals surface area contributed by atoms with E-state index in [2.05, 4.69) is 27.7 Å². The van der Waals surface area contributed by atoms with Gasteiger partial charge in [-0.05, 0) is 85.9 Å². The number of Topliss-reactive ketones (excluding diaryl/α,β-unsaturated/α-hetero) is 1. The van der Waals surface area contributed by atoms with Crippen LogP contribution in [-0.2, 0) is 4.79 Å². The predicted octanol–water partition coefficient (Wildman–Crippen LogP) is 3.52. The second-order valence-corrected chi connectivity index (χ2v) is 11.4. The number of aliphatic hydroxyl groups excluding tert-OH is 1. The van der Waals surface area contributed by atoms with Crippen LogP contribution in [0.1, 0.15) is 79.6 Å². The Morgan fingerprint density at radius 3 is 2.22 bits per heavy atom. The molecule has 4 rings (SSSR count). The second kappa shape index (κ2) is 5.79. The molecule has 0 spiro atoms. The van der Waals surface area contributed by atoms with Crippen LogP contribution in [-0.4, -0.2) is 33.0 Å². The minimum atomic E-state index is -1.95. The molecule has 154 valence electrons. The number of hydrogen-bond acceptors (Lipinski definition) is 4. The summed E-state index contributed by atoms with van der Waals surface area (Å²) in [6.45, 7) is 10.9. The van der Waals surface area contributed by atoms with Crippen LogP contribution in [0.4, 0.5) is 0 Å². The van der Waals surface area contributed by atoms with Gasteiger partial charge in [0.25, 0.3) is 0 Å². The Hall–Kier alpha value is -0.450. The summed E-state index contributed by atoms with van der Waals surface area (Å²) in [5.41, 5.74) is -0.178. The third kappa shape index (κ3) is 2.42. The summed E-state index contributed by atoms with van der Waals surface area (Å²) < 4.78 is 0. The lowest BCUT2D eigenvalue weighted by molar-refractivity contribution is -0.290. The summed E-state index contributed by atoms with van der Waals surface area (Å²) in [5.74, 6) is 0.704. The number of fused-ring (bicyclic) bond motifs is 5. The second-order valence-electron chi connectivity index (χ2n) is 11.4. The highest BCUT2D eigenvalue weighted by atomic mass is 16.5. The first-order chi connectivity index (χ1) is 12.4. The number of hydrogen-bond donors (Lipinski definition) is 3. The van der Waals surface area contributed by atoms with Gasteiger partial charge in [-0.15, -0.1) is 0 Å². The Labute approximate surface area is 163 Å². The summed E-state index contributed by atoms with van der Waals surface area (Å²) in [5, 5.41) is 31.1. The zero-order chi connectivity index (χ0) is 20.0. The molecule has 0 aromatic rings. The van der Waals surface area contributed by atoms with Gasteiger partial charge in [0.05, 0.1) is 0 Å². The molecule has 0 heterocycles. The van der Waals surface area contributed by atoms with E-state index in [0.717, 1.165) is 32.1 Å². The maximum Gasteiger partial charge on any atom is 0.189 e. The van der Waals surface area contributed by atoms with E-state index in [4.69, 9.17) is 0 Å². The average Bonchev–Trinajstić information content (AvgIpc) is 2.84. The number of carbonyl (C=O) groups excluding carboxylic acids is 1. The first kappa shape index (κ1) is 19.8. The lowest BCUT2D eigenvalue weighted by Gasteiger charge is -2.64. The highest BCUT2D eigenvalue weighted by Crippen LogP contribution is 2.71. The third-order valence-electron chi connectivity index (χ3n) is 10.5. The fourth-order valence-electron chi connectivity index (χ4n) is 8.58. The minimum absolute atomic E-state index is 0.0484. The molecular weight excluding hydrogens is 340 g/mol. The molecule has 4 fully saturated rings. The van der Waals surface area contributed by atoms with E-state index in [1.807, 2.05) is 0 Å². The molecule has 0 aromatic heterocycles. The van der Waals surface area contributed by atoms with Crippen LogP contribution in [0.3, 0.4) is 0 Å². The van der Waals surface area contributed by atoms with Crippen molar-refractivity contribution >= 4 is 5.78 Å². The van der Waals surface area contributed by atoms with Gasteiger partial charge in [0.15, 0.2) is 5.79 Å². The van der Waals surface area contributed by atoms with Crippen LogP contribution < -0.4 is 0 Å². The maximum absolute atomic E-state index is 12.6. The van der Waals surface area contributed by atoms with Crippen molar-refractivity contribution in [2.45, 2.75) is 91.5 Å². The third-order valence-corrected chi connectivity index (χ3v) is 10.5. The zero-order valence-corrected chi connectivity index (χ0v) is 17.7. The lowest BCUT2D eigenvalue weighted by Crippen LogP contribution is -2.62. The molecule has 9 atom stereocenters. The van der Waals surface area contributed by atoms with Gasteiger partial charge in [0, 0.05) is 11.8 Å². The first-order valence-corrected chi connectivity index (χ1v) is 11.0. The van der Waals surface area contributed by atoms with Crippen molar-refractivity contribution in [3.63, 3.8) is 0 Å². The minimum Gasteiger partial charge on any atom is -0.388 e. The van der Waals surface area contributed by atoms with Crippen molar-refractivity contribution in [1.29, 1.82) is 0 Å². The normalized spacial score (nSPS) is 56.7. The number of ketones is 1. The monoisotopic (exact) mass is 378 g/mol. The average molecular weight is 379 g/mol. The molecule has 3 N–H and O–H groups in total. The van der Waals surface area contributed by atoms with Gasteiger partial charge in [0.2, 0.25) is 0 Å². The fourth-order valence-corrected chi connectivity index (χ4v) is 8.58. The molecule has 0 aliphatic heterocycles. The van der Waals surface area contributed by atoms with Crippen LogP contribution in [0, 0.1) is 45.8 Å². The van der Waals surface area contributed by atoms with E-state index in [-0.39, 0.29) is 28.6 Å². The van der Waals surface area contributed by atoms with Crippen LogP contribution in [0.2, 0.25) is 0 Å². The Kier molecular flexibility index (Phi) is 4.26. The Morgan fingerprint density at radius 1 is 0.963 bits per heavy atom. The van der Waals surface area contributed by atoms with Crippen LogP contribution in [0.5, 0.6) is 0 Å². The summed E-state index contributed by atoms with van der Waals surface area (Å²) in [6, 6.07) is 0. The number of rotatable bonds is 1. The Balaban J connectivity index is 1.69. The topological polar surface area (TPSA) is 77.8 Å². The van der Waals surface area contributed by atoms with Crippen molar-refractivity contribution in [3.05, 3.63) is 0 Å². The standard InChI is InChI=1S/C23H38O4/c1-13-10-15-16(20(3)12-19(25)23(26,27)11-18(13)20)6-9-22(5)17(15)7-8-21(22,4)14(2)24/h13,15-19,25-27H,6-12H2,1-5H3/t13?,15-,16+,17+,18-,19?,20-,21+,22+/m1/s1. The number of carbonyl (C=O) groups is 1. The molecule has 0 bridgehead atoms. The molecule has 4 nitrogen and oxygen atoms in total. The van der Waals surface area contributed by atoms with Crippen molar-refractivity contribution in [3.8, 4) is 0 Å². The maximum atomic E-state index is 12.6. The van der Waals surface area contributed by atoms with Gasteiger partial charge in [-0.3, -0.25) is 4.79 Å². The largest absolute Gasteiger partial charge is 0.388 e. The molecular formula is C23H38O4. The highest BCUT2D eigenvalue weighted by molar-refractivity contribution is 5.83. The van der Waals surface area contributed by atoms with Gasteiger partial charge >= 0.3 is 0 Å². The zero-order valence-electron chi connectivity index (χ0n) is 17.7. The molecule has 0 saturated heterocycles. The highest BCUT2D eigenvalue weighted by Gasteiger charge is 2.67. The summed E-state index contributed by atoms with van der Waals surface area (Å²) in [4.78, 5) is 12.6. The van der Waals surface area contributed by atoms with Crippen molar-refractivity contribution < 1.29 is 20.1 Å². The van der Waals surface area contributed by atoms with E-state index in [9.17, 15) is 20.1 Å². The van der Waals surface area contributed by atoms with Crippen molar-refractivity contribution in [2.75, 3.05) is 0 Å². The van der Waals surface area contributed by atoms with Crippen LogP contribution >= 0.6 is 0 Å².